The van der Waals surface area contributed by atoms with Gasteiger partial charge in [-0.25, -0.2) is 0 Å². The fraction of sp³-hybridized carbons (Fsp3) is 0.154. The van der Waals surface area contributed by atoms with Crippen LogP contribution in [0.25, 0.3) is 10.9 Å². The number of fused-ring (bicyclic) bond motifs is 1. The summed E-state index contributed by atoms with van der Waals surface area (Å²) in [7, 11) is 1.80. The van der Waals surface area contributed by atoms with Crippen LogP contribution in [0.5, 0.6) is 0 Å². The van der Waals surface area contributed by atoms with Crippen LogP contribution in [0.1, 0.15) is 10.4 Å². The predicted octanol–water partition coefficient (Wildman–Crippen LogP) is 3.04. The molecule has 5 nitrogen and oxygen atoms in total. The molecule has 0 aliphatic rings. The fourth-order valence-electron chi connectivity index (χ4n) is 1.88. The average molecular weight is 304 g/mol. The highest BCUT2D eigenvalue weighted by Crippen LogP contribution is 2.27. The Balaban J connectivity index is 1.73. The van der Waals surface area contributed by atoms with Crippen LogP contribution in [0.15, 0.2) is 34.8 Å². The fourth-order valence-corrected chi connectivity index (χ4v) is 3.47. The van der Waals surface area contributed by atoms with E-state index in [1.165, 1.54) is 23.1 Å². The molecule has 3 aromatic rings. The lowest BCUT2D eigenvalue weighted by Crippen LogP contribution is -2.01. The minimum atomic E-state index is 0.0913. The molecule has 0 saturated heterocycles. The standard InChI is InChI=1S/C13H12N4OS2/c1-14-12-16-17-13(20-12)19-7-11(18)9-6-15-10-5-3-2-4-8(9)10/h2-6,15H,7H2,1H3,(H,14,16). The van der Waals surface area contributed by atoms with Crippen LogP contribution in [-0.2, 0) is 0 Å². The number of carbonyl (C=O) groups excluding carboxylic acids is 1. The number of para-hydroxylation sites is 1. The van der Waals surface area contributed by atoms with Gasteiger partial charge in [-0.3, -0.25) is 4.79 Å². The molecule has 0 atom stereocenters. The topological polar surface area (TPSA) is 70.7 Å². The molecule has 0 aliphatic heterocycles. The van der Waals surface area contributed by atoms with E-state index in [-0.39, 0.29) is 5.78 Å². The van der Waals surface area contributed by atoms with Gasteiger partial charge in [0.1, 0.15) is 0 Å². The van der Waals surface area contributed by atoms with Crippen LogP contribution >= 0.6 is 23.1 Å². The first-order valence-corrected chi connectivity index (χ1v) is 7.81. The number of ketones is 1. The van der Waals surface area contributed by atoms with E-state index in [1.807, 2.05) is 24.3 Å². The second-order valence-electron chi connectivity index (χ2n) is 4.08. The molecule has 0 aliphatic carbocycles. The molecule has 7 heteroatoms. The number of carbonyl (C=O) groups is 1. The van der Waals surface area contributed by atoms with Gasteiger partial charge in [0.05, 0.1) is 5.75 Å². The lowest BCUT2D eigenvalue weighted by atomic mass is 10.1. The van der Waals surface area contributed by atoms with Crippen molar-refractivity contribution >= 4 is 44.9 Å². The number of benzene rings is 1. The second kappa shape index (κ2) is 5.64. The van der Waals surface area contributed by atoms with Crippen molar-refractivity contribution in [3.63, 3.8) is 0 Å². The summed E-state index contributed by atoms with van der Waals surface area (Å²) < 4.78 is 0.794. The number of nitrogens with one attached hydrogen (secondary N) is 2. The monoisotopic (exact) mass is 304 g/mol. The van der Waals surface area contributed by atoms with Crippen LogP contribution in [0.2, 0.25) is 0 Å². The van der Waals surface area contributed by atoms with E-state index < -0.39 is 0 Å². The summed E-state index contributed by atoms with van der Waals surface area (Å²) in [4.78, 5) is 15.4. The van der Waals surface area contributed by atoms with Gasteiger partial charge in [0.2, 0.25) is 5.13 Å². The normalized spacial score (nSPS) is 10.8. The molecule has 2 N–H and O–H groups in total. The number of nitrogens with zero attached hydrogens (tertiary/aromatic N) is 2. The number of rotatable bonds is 5. The quantitative estimate of drug-likeness (QED) is 0.560. The second-order valence-corrected chi connectivity index (χ2v) is 6.28. The first-order valence-electron chi connectivity index (χ1n) is 6.01. The Morgan fingerprint density at radius 3 is 3.05 bits per heavy atom. The number of thioether (sulfide) groups is 1. The highest BCUT2D eigenvalue weighted by molar-refractivity contribution is 8.01. The van der Waals surface area contributed by atoms with E-state index >= 15 is 0 Å². The molecule has 1 aromatic carbocycles. The molecule has 3 rings (SSSR count). The predicted molar refractivity (Wildman–Crippen MR) is 82.8 cm³/mol. The number of Topliss-reactive ketones (excluding diaryl/α,β-unsaturated/α-hetero) is 1. The van der Waals surface area contributed by atoms with Crippen LogP contribution in [0.3, 0.4) is 0 Å². The van der Waals surface area contributed by atoms with E-state index in [2.05, 4.69) is 20.5 Å². The summed E-state index contributed by atoms with van der Waals surface area (Å²) in [6.07, 6.45) is 1.77. The van der Waals surface area contributed by atoms with Gasteiger partial charge in [-0.1, -0.05) is 41.3 Å². The molecular weight excluding hydrogens is 292 g/mol. The number of aromatic nitrogens is 3. The number of anilines is 1. The first-order chi connectivity index (χ1) is 9.78. The summed E-state index contributed by atoms with van der Waals surface area (Å²) in [6, 6.07) is 7.80. The van der Waals surface area contributed by atoms with Crippen molar-refractivity contribution in [2.45, 2.75) is 4.34 Å². The van der Waals surface area contributed by atoms with E-state index in [1.54, 1.807) is 13.2 Å². The largest absolute Gasteiger partial charge is 0.363 e. The van der Waals surface area contributed by atoms with Gasteiger partial charge in [-0.2, -0.15) is 0 Å². The molecule has 0 spiro atoms. The van der Waals surface area contributed by atoms with Crippen molar-refractivity contribution < 1.29 is 4.79 Å². The van der Waals surface area contributed by atoms with Gasteiger partial charge in [-0.15, -0.1) is 10.2 Å². The average Bonchev–Trinajstić information content (AvgIpc) is 3.11. The van der Waals surface area contributed by atoms with E-state index in [9.17, 15) is 4.79 Å². The number of hydrogen-bond donors (Lipinski definition) is 2. The molecule has 20 heavy (non-hydrogen) atoms. The van der Waals surface area contributed by atoms with Gasteiger partial charge in [0, 0.05) is 29.7 Å². The Bertz CT molecular complexity index is 750. The maximum Gasteiger partial charge on any atom is 0.206 e. The van der Waals surface area contributed by atoms with Gasteiger partial charge in [0.15, 0.2) is 10.1 Å². The molecule has 102 valence electrons. The Morgan fingerprint density at radius 2 is 2.25 bits per heavy atom. The Hall–Kier alpha value is -1.86. The third-order valence-electron chi connectivity index (χ3n) is 2.84. The van der Waals surface area contributed by atoms with Gasteiger partial charge in [-0.05, 0) is 6.07 Å². The lowest BCUT2D eigenvalue weighted by Gasteiger charge is -1.97. The van der Waals surface area contributed by atoms with Crippen molar-refractivity contribution in [1.82, 2.24) is 15.2 Å². The highest BCUT2D eigenvalue weighted by Gasteiger charge is 2.13. The van der Waals surface area contributed by atoms with Crippen LogP contribution in [0, 0.1) is 0 Å². The smallest absolute Gasteiger partial charge is 0.206 e. The third-order valence-corrected chi connectivity index (χ3v) is 4.91. The molecule has 0 amide bonds. The first kappa shape index (κ1) is 13.1. The summed E-state index contributed by atoms with van der Waals surface area (Å²) in [5.74, 6) is 0.453. The third kappa shape index (κ3) is 2.54. The maximum atomic E-state index is 12.3. The van der Waals surface area contributed by atoms with Crippen LogP contribution in [-0.4, -0.2) is 33.8 Å². The highest BCUT2D eigenvalue weighted by atomic mass is 32.2. The zero-order valence-corrected chi connectivity index (χ0v) is 12.3. The molecule has 0 saturated carbocycles. The Labute approximate surface area is 123 Å². The molecule has 0 unspecified atom stereocenters. The Morgan fingerprint density at radius 1 is 1.40 bits per heavy atom. The number of hydrogen-bond acceptors (Lipinski definition) is 6. The van der Waals surface area contributed by atoms with E-state index in [0.29, 0.717) is 5.75 Å². The maximum absolute atomic E-state index is 12.3. The van der Waals surface area contributed by atoms with Crippen molar-refractivity contribution in [3.05, 3.63) is 36.0 Å². The molecule has 2 aromatic heterocycles. The minimum absolute atomic E-state index is 0.0913. The zero-order valence-electron chi connectivity index (χ0n) is 10.7. The van der Waals surface area contributed by atoms with E-state index in [4.69, 9.17) is 0 Å². The summed E-state index contributed by atoms with van der Waals surface area (Å²) >= 11 is 2.86. The lowest BCUT2D eigenvalue weighted by molar-refractivity contribution is 0.102. The molecule has 2 heterocycles. The Kier molecular flexibility index (Phi) is 3.70. The molecule has 0 radical (unpaired) electrons. The SMILES string of the molecule is CNc1nnc(SCC(=O)c2c[nH]c3ccccc23)s1. The summed E-state index contributed by atoms with van der Waals surface area (Å²) in [6.45, 7) is 0. The van der Waals surface area contributed by atoms with Crippen molar-refractivity contribution in [3.8, 4) is 0 Å². The van der Waals surface area contributed by atoms with Gasteiger partial charge < -0.3 is 10.3 Å². The molecule has 0 fully saturated rings. The summed E-state index contributed by atoms with van der Waals surface area (Å²) in [5, 5.41) is 12.6. The number of aromatic amines is 1. The van der Waals surface area contributed by atoms with Crippen molar-refractivity contribution in [1.29, 1.82) is 0 Å². The molecule has 0 bridgehead atoms. The van der Waals surface area contributed by atoms with E-state index in [0.717, 1.165) is 25.9 Å². The number of H-pyrrole nitrogens is 1. The van der Waals surface area contributed by atoms with Crippen molar-refractivity contribution in [2.75, 3.05) is 18.1 Å². The molecular formula is C13H12N4OS2. The van der Waals surface area contributed by atoms with Gasteiger partial charge >= 0.3 is 0 Å². The minimum Gasteiger partial charge on any atom is -0.363 e. The van der Waals surface area contributed by atoms with Crippen LogP contribution in [0.4, 0.5) is 5.13 Å². The van der Waals surface area contributed by atoms with Gasteiger partial charge in [0.25, 0.3) is 0 Å². The van der Waals surface area contributed by atoms with Crippen LogP contribution < -0.4 is 5.32 Å². The van der Waals surface area contributed by atoms with Crippen molar-refractivity contribution in [2.24, 2.45) is 0 Å². The zero-order chi connectivity index (χ0) is 13.9. The summed E-state index contributed by atoms with van der Waals surface area (Å²) in [5.41, 5.74) is 1.71.